The Kier molecular flexibility index (Phi) is 9.48. The van der Waals surface area contributed by atoms with Crippen LogP contribution in [0.4, 0.5) is 0 Å². The summed E-state index contributed by atoms with van der Waals surface area (Å²) >= 11 is 12.6. The molecule has 0 spiro atoms. The third-order valence-corrected chi connectivity index (χ3v) is 8.26. The smallest absolute Gasteiger partial charge is 0.253 e. The van der Waals surface area contributed by atoms with E-state index < -0.39 is 0 Å². The van der Waals surface area contributed by atoms with Crippen molar-refractivity contribution in [1.82, 2.24) is 15.1 Å². The van der Waals surface area contributed by atoms with Crippen LogP contribution in [0.1, 0.15) is 53.6 Å². The molecule has 7 heteroatoms. The van der Waals surface area contributed by atoms with Crippen molar-refractivity contribution in [2.75, 3.05) is 33.2 Å². The van der Waals surface area contributed by atoms with Gasteiger partial charge in [-0.05, 0) is 61.2 Å². The highest BCUT2D eigenvalue weighted by molar-refractivity contribution is 6.42. The van der Waals surface area contributed by atoms with Gasteiger partial charge in [0, 0.05) is 45.1 Å². The number of likely N-dealkylation sites (tertiary alicyclic amines) is 1. The van der Waals surface area contributed by atoms with Crippen LogP contribution in [0.15, 0.2) is 78.9 Å². The van der Waals surface area contributed by atoms with Gasteiger partial charge < -0.3 is 15.1 Å². The summed E-state index contributed by atoms with van der Waals surface area (Å²) in [7, 11) is 1.85. The minimum absolute atomic E-state index is 0.00316. The Bertz CT molecular complexity index is 1230. The van der Waals surface area contributed by atoms with Gasteiger partial charge in [-0.25, -0.2) is 0 Å². The number of nitrogens with one attached hydrogen (secondary N) is 1. The number of nitrogens with zero attached hydrogens (tertiary/aromatic N) is 2. The van der Waals surface area contributed by atoms with E-state index in [2.05, 4.69) is 22.3 Å². The molecule has 1 atom stereocenters. The van der Waals surface area contributed by atoms with Gasteiger partial charge in [0.2, 0.25) is 5.91 Å². The lowest BCUT2D eigenvalue weighted by Gasteiger charge is -2.43. The topological polar surface area (TPSA) is 52.7 Å². The number of piperidine rings is 1. The lowest BCUT2D eigenvalue weighted by Crippen LogP contribution is -2.52. The maximum absolute atomic E-state index is 13.1. The molecule has 0 bridgehead atoms. The zero-order chi connectivity index (χ0) is 27.1. The van der Waals surface area contributed by atoms with Crippen molar-refractivity contribution in [2.45, 2.75) is 37.6 Å². The van der Waals surface area contributed by atoms with Crippen molar-refractivity contribution in [3.8, 4) is 0 Å². The minimum Gasteiger partial charge on any atom is -0.347 e. The first-order chi connectivity index (χ1) is 18.3. The van der Waals surface area contributed by atoms with E-state index in [1.165, 1.54) is 0 Å². The average Bonchev–Trinajstić information content (AvgIpc) is 2.93. The van der Waals surface area contributed by atoms with E-state index in [4.69, 9.17) is 23.2 Å². The number of halogens is 2. The first-order valence-electron chi connectivity index (χ1n) is 13.1. The van der Waals surface area contributed by atoms with Gasteiger partial charge in [0.15, 0.2) is 0 Å². The van der Waals surface area contributed by atoms with Crippen LogP contribution in [0, 0.1) is 0 Å². The SMILES string of the molecule is CC(=O)NC1(c2ccccc2)CCN(CC[C@@H](CN(C)C(=O)c2ccccc2)c2ccc(Cl)c(Cl)c2)CC1. The van der Waals surface area contributed by atoms with Crippen LogP contribution >= 0.6 is 23.2 Å². The Hall–Kier alpha value is -2.86. The molecule has 4 rings (SSSR count). The maximum Gasteiger partial charge on any atom is 0.253 e. The number of rotatable bonds is 9. The lowest BCUT2D eigenvalue weighted by atomic mass is 9.80. The van der Waals surface area contributed by atoms with Crippen LogP contribution < -0.4 is 5.32 Å². The number of hydrogen-bond donors (Lipinski definition) is 1. The third-order valence-electron chi connectivity index (χ3n) is 7.52. The van der Waals surface area contributed by atoms with E-state index in [1.807, 2.05) is 73.8 Å². The summed E-state index contributed by atoms with van der Waals surface area (Å²) < 4.78 is 0. The summed E-state index contributed by atoms with van der Waals surface area (Å²) in [6.45, 7) is 4.79. The molecule has 1 saturated heterocycles. The van der Waals surface area contributed by atoms with Crippen molar-refractivity contribution in [2.24, 2.45) is 0 Å². The summed E-state index contributed by atoms with van der Waals surface area (Å²) in [5.41, 5.74) is 2.56. The fraction of sp³-hybridized carbons (Fsp3) is 0.355. The number of hydrogen-bond acceptors (Lipinski definition) is 3. The van der Waals surface area contributed by atoms with Gasteiger partial charge in [-0.15, -0.1) is 0 Å². The average molecular weight is 553 g/mol. The molecule has 0 radical (unpaired) electrons. The summed E-state index contributed by atoms with van der Waals surface area (Å²) in [6, 6.07) is 25.4. The molecule has 0 unspecified atom stereocenters. The van der Waals surface area contributed by atoms with E-state index in [9.17, 15) is 9.59 Å². The molecule has 2 amide bonds. The third kappa shape index (κ3) is 6.96. The van der Waals surface area contributed by atoms with Crippen LogP contribution in [-0.4, -0.2) is 54.8 Å². The van der Waals surface area contributed by atoms with Gasteiger partial charge in [0.05, 0.1) is 15.6 Å². The van der Waals surface area contributed by atoms with E-state index in [0.29, 0.717) is 22.2 Å². The van der Waals surface area contributed by atoms with Crippen molar-refractivity contribution in [3.63, 3.8) is 0 Å². The van der Waals surface area contributed by atoms with Gasteiger partial charge in [-0.1, -0.05) is 77.8 Å². The fourth-order valence-electron chi connectivity index (χ4n) is 5.42. The Morgan fingerprint density at radius 1 is 0.947 bits per heavy atom. The Morgan fingerprint density at radius 2 is 1.58 bits per heavy atom. The zero-order valence-electron chi connectivity index (χ0n) is 22.0. The number of likely N-dealkylation sites (N-methyl/N-ethyl adjacent to an activating group) is 1. The monoisotopic (exact) mass is 551 g/mol. The van der Waals surface area contributed by atoms with Gasteiger partial charge in [-0.2, -0.15) is 0 Å². The Labute approximate surface area is 235 Å². The second kappa shape index (κ2) is 12.8. The molecule has 5 nitrogen and oxygen atoms in total. The summed E-state index contributed by atoms with van der Waals surface area (Å²) in [5, 5.41) is 4.29. The number of amides is 2. The molecule has 38 heavy (non-hydrogen) atoms. The molecular weight excluding hydrogens is 517 g/mol. The van der Waals surface area contributed by atoms with Crippen molar-refractivity contribution >= 4 is 35.0 Å². The lowest BCUT2D eigenvalue weighted by molar-refractivity contribution is -0.121. The first kappa shape index (κ1) is 28.2. The van der Waals surface area contributed by atoms with Crippen LogP contribution in [0.25, 0.3) is 0 Å². The number of carbonyl (C=O) groups is 2. The molecule has 1 aliphatic heterocycles. The Morgan fingerprint density at radius 3 is 2.18 bits per heavy atom. The first-order valence-corrected chi connectivity index (χ1v) is 13.8. The molecule has 0 saturated carbocycles. The predicted molar refractivity (Wildman–Crippen MR) is 155 cm³/mol. The molecule has 1 fully saturated rings. The van der Waals surface area contributed by atoms with E-state index in [-0.39, 0.29) is 23.3 Å². The molecule has 1 N–H and O–H groups in total. The van der Waals surface area contributed by atoms with Crippen LogP contribution in [0.5, 0.6) is 0 Å². The summed E-state index contributed by atoms with van der Waals surface area (Å²) in [5.74, 6) is 0.0864. The highest BCUT2D eigenvalue weighted by Crippen LogP contribution is 2.34. The zero-order valence-corrected chi connectivity index (χ0v) is 23.5. The molecule has 0 aromatic heterocycles. The van der Waals surface area contributed by atoms with Crippen LogP contribution in [0.3, 0.4) is 0 Å². The minimum atomic E-state index is -0.338. The van der Waals surface area contributed by atoms with Crippen molar-refractivity contribution in [1.29, 1.82) is 0 Å². The highest BCUT2D eigenvalue weighted by atomic mass is 35.5. The molecule has 200 valence electrons. The van der Waals surface area contributed by atoms with E-state index in [0.717, 1.165) is 50.0 Å². The van der Waals surface area contributed by atoms with Gasteiger partial charge in [0.25, 0.3) is 5.91 Å². The number of carbonyl (C=O) groups excluding carboxylic acids is 2. The van der Waals surface area contributed by atoms with Crippen LogP contribution in [0.2, 0.25) is 10.0 Å². The highest BCUT2D eigenvalue weighted by Gasteiger charge is 2.37. The quantitative estimate of drug-likeness (QED) is 0.336. The van der Waals surface area contributed by atoms with Crippen LogP contribution in [-0.2, 0) is 10.3 Å². The standard InChI is InChI=1S/C31H35Cl2N3O2/c1-23(37)34-31(27-11-7-4-8-12-27)16-19-36(20-17-31)18-15-26(25-13-14-28(32)29(33)21-25)22-35(2)30(38)24-9-5-3-6-10-24/h3-14,21,26H,15-20,22H2,1-2H3,(H,34,37)/t26-/m0/s1. The van der Waals surface area contributed by atoms with Gasteiger partial charge >= 0.3 is 0 Å². The Balaban J connectivity index is 1.45. The molecule has 3 aromatic carbocycles. The largest absolute Gasteiger partial charge is 0.347 e. The van der Waals surface area contributed by atoms with Crippen molar-refractivity contribution < 1.29 is 9.59 Å². The summed E-state index contributed by atoms with van der Waals surface area (Å²) in [6.07, 6.45) is 2.56. The summed E-state index contributed by atoms with van der Waals surface area (Å²) in [4.78, 5) is 29.4. The molecular formula is C31H35Cl2N3O2. The molecule has 0 aliphatic carbocycles. The van der Waals surface area contributed by atoms with E-state index in [1.54, 1.807) is 11.8 Å². The second-order valence-electron chi connectivity index (χ2n) is 10.2. The molecule has 3 aromatic rings. The van der Waals surface area contributed by atoms with Gasteiger partial charge in [-0.3, -0.25) is 9.59 Å². The van der Waals surface area contributed by atoms with Gasteiger partial charge in [0.1, 0.15) is 0 Å². The second-order valence-corrected chi connectivity index (χ2v) is 11.0. The molecule has 1 heterocycles. The number of benzene rings is 3. The normalized spacial score (nSPS) is 16.0. The van der Waals surface area contributed by atoms with Crippen molar-refractivity contribution in [3.05, 3.63) is 106 Å². The molecule has 1 aliphatic rings. The maximum atomic E-state index is 13.1. The van der Waals surface area contributed by atoms with E-state index >= 15 is 0 Å². The predicted octanol–water partition coefficient (Wildman–Crippen LogP) is 6.37. The fourth-order valence-corrected chi connectivity index (χ4v) is 5.73.